The minimum atomic E-state index is 0.160. The highest BCUT2D eigenvalue weighted by Gasteiger charge is 2.47. The largest absolute Gasteiger partial charge is 0.352 e. The topological polar surface area (TPSA) is 29.1 Å². The normalized spacial score (nSPS) is 24.0. The molecule has 0 saturated heterocycles. The molecular formula is C17H24ClNO. The summed E-state index contributed by atoms with van der Waals surface area (Å²) in [5, 5.41) is 3.73. The number of halogens is 1. The second kappa shape index (κ2) is 6.17. The highest BCUT2D eigenvalue weighted by molar-refractivity contribution is 6.30. The number of hydrogen-bond donors (Lipinski definition) is 1. The van der Waals surface area contributed by atoms with Gasteiger partial charge < -0.3 is 5.32 Å². The lowest BCUT2D eigenvalue weighted by Gasteiger charge is -2.52. The monoisotopic (exact) mass is 293 g/mol. The Bertz CT molecular complexity index is 466. The molecule has 20 heavy (non-hydrogen) atoms. The van der Waals surface area contributed by atoms with Gasteiger partial charge in [0.15, 0.2) is 0 Å². The van der Waals surface area contributed by atoms with Gasteiger partial charge >= 0.3 is 0 Å². The molecule has 0 aromatic heterocycles. The van der Waals surface area contributed by atoms with Gasteiger partial charge in [0.2, 0.25) is 5.91 Å². The zero-order chi connectivity index (χ0) is 14.8. The maximum absolute atomic E-state index is 12.0. The maximum atomic E-state index is 12.0. The molecule has 0 radical (unpaired) electrons. The Balaban J connectivity index is 1.78. The molecular weight excluding hydrogens is 270 g/mol. The van der Waals surface area contributed by atoms with Crippen molar-refractivity contribution >= 4 is 17.5 Å². The summed E-state index contributed by atoms with van der Waals surface area (Å²) in [6.45, 7) is 7.41. The van der Waals surface area contributed by atoms with E-state index in [1.165, 1.54) is 12.8 Å². The first-order valence-electron chi connectivity index (χ1n) is 7.44. The summed E-state index contributed by atoms with van der Waals surface area (Å²) in [7, 11) is 0. The first-order chi connectivity index (χ1) is 9.43. The van der Waals surface area contributed by atoms with Gasteiger partial charge in [0, 0.05) is 18.0 Å². The summed E-state index contributed by atoms with van der Waals surface area (Å²) in [4.78, 5) is 12.0. The predicted octanol–water partition coefficient (Wildman–Crippen LogP) is 4.42. The van der Waals surface area contributed by atoms with Crippen LogP contribution in [0.15, 0.2) is 24.3 Å². The van der Waals surface area contributed by atoms with Gasteiger partial charge in [-0.05, 0) is 41.4 Å². The smallest absolute Gasteiger partial charge is 0.220 e. The highest BCUT2D eigenvalue weighted by atomic mass is 35.5. The van der Waals surface area contributed by atoms with Crippen molar-refractivity contribution in [3.8, 4) is 0 Å². The van der Waals surface area contributed by atoms with Crippen LogP contribution in [0.4, 0.5) is 0 Å². The molecule has 2 nitrogen and oxygen atoms in total. The van der Waals surface area contributed by atoms with E-state index in [-0.39, 0.29) is 5.91 Å². The van der Waals surface area contributed by atoms with Gasteiger partial charge in [-0.1, -0.05) is 50.9 Å². The molecule has 1 aliphatic carbocycles. The van der Waals surface area contributed by atoms with Crippen molar-refractivity contribution in [3.63, 3.8) is 0 Å². The molecule has 2 rings (SSSR count). The van der Waals surface area contributed by atoms with Gasteiger partial charge in [-0.3, -0.25) is 4.79 Å². The second-order valence-corrected chi connectivity index (χ2v) is 6.90. The summed E-state index contributed by atoms with van der Waals surface area (Å²) in [6, 6.07) is 7.60. The summed E-state index contributed by atoms with van der Waals surface area (Å²) in [5.41, 5.74) is 1.40. The summed E-state index contributed by atoms with van der Waals surface area (Å²) >= 11 is 5.84. The number of hydrogen-bond acceptors (Lipinski definition) is 1. The van der Waals surface area contributed by atoms with E-state index in [1.807, 2.05) is 24.3 Å². The molecule has 0 spiro atoms. The molecule has 1 fully saturated rings. The number of benzene rings is 1. The number of carbonyl (C=O) groups is 1. The van der Waals surface area contributed by atoms with Crippen LogP contribution in [0.5, 0.6) is 0 Å². The fraction of sp³-hybridized carbons (Fsp3) is 0.588. The first-order valence-corrected chi connectivity index (χ1v) is 7.82. The SMILES string of the molecule is CC[C@H]1C[C@H](CC(=O)NCc2ccc(Cl)cc2)C1(C)C. The van der Waals surface area contributed by atoms with Crippen LogP contribution in [-0.4, -0.2) is 5.91 Å². The van der Waals surface area contributed by atoms with Gasteiger partial charge in [-0.25, -0.2) is 0 Å². The fourth-order valence-electron chi connectivity index (χ4n) is 3.26. The van der Waals surface area contributed by atoms with Crippen LogP contribution in [-0.2, 0) is 11.3 Å². The summed E-state index contributed by atoms with van der Waals surface area (Å²) in [6.07, 6.45) is 3.06. The predicted molar refractivity (Wildman–Crippen MR) is 83.6 cm³/mol. The third-order valence-electron chi connectivity index (χ3n) is 5.00. The van der Waals surface area contributed by atoms with Crippen molar-refractivity contribution in [2.24, 2.45) is 17.3 Å². The van der Waals surface area contributed by atoms with Crippen molar-refractivity contribution in [2.45, 2.75) is 46.6 Å². The van der Waals surface area contributed by atoms with Gasteiger partial charge in [-0.2, -0.15) is 0 Å². The number of carbonyl (C=O) groups excluding carboxylic acids is 1. The van der Waals surface area contributed by atoms with E-state index in [9.17, 15) is 4.79 Å². The molecule has 0 aliphatic heterocycles. The Morgan fingerprint density at radius 2 is 1.95 bits per heavy atom. The lowest BCUT2D eigenvalue weighted by atomic mass is 9.53. The maximum Gasteiger partial charge on any atom is 0.220 e. The number of rotatable bonds is 5. The third-order valence-corrected chi connectivity index (χ3v) is 5.25. The second-order valence-electron chi connectivity index (χ2n) is 6.47. The molecule has 1 N–H and O–H groups in total. The van der Waals surface area contributed by atoms with Gasteiger partial charge in [0.25, 0.3) is 0 Å². The van der Waals surface area contributed by atoms with Crippen molar-refractivity contribution in [1.82, 2.24) is 5.32 Å². The molecule has 1 aliphatic rings. The molecule has 1 aromatic carbocycles. The summed E-state index contributed by atoms with van der Waals surface area (Å²) in [5.74, 6) is 1.46. The van der Waals surface area contributed by atoms with Crippen molar-refractivity contribution in [1.29, 1.82) is 0 Å². The van der Waals surface area contributed by atoms with Gasteiger partial charge in [0.05, 0.1) is 0 Å². The van der Waals surface area contributed by atoms with Crippen LogP contribution in [0.25, 0.3) is 0 Å². The lowest BCUT2D eigenvalue weighted by molar-refractivity contribution is -0.127. The van der Waals surface area contributed by atoms with E-state index in [0.717, 1.165) is 16.5 Å². The van der Waals surface area contributed by atoms with E-state index in [1.54, 1.807) is 0 Å². The highest BCUT2D eigenvalue weighted by Crippen LogP contribution is 2.54. The Morgan fingerprint density at radius 1 is 1.30 bits per heavy atom. The van der Waals surface area contributed by atoms with Crippen molar-refractivity contribution < 1.29 is 4.79 Å². The third kappa shape index (κ3) is 3.35. The zero-order valence-corrected chi connectivity index (χ0v) is 13.3. The van der Waals surface area contributed by atoms with Crippen molar-refractivity contribution in [3.05, 3.63) is 34.9 Å². The molecule has 2 atom stereocenters. The van der Waals surface area contributed by atoms with Crippen LogP contribution >= 0.6 is 11.6 Å². The van der Waals surface area contributed by atoms with Crippen LogP contribution < -0.4 is 5.32 Å². The molecule has 110 valence electrons. The molecule has 0 heterocycles. The van der Waals surface area contributed by atoms with Crippen LogP contribution in [0.1, 0.15) is 45.6 Å². The van der Waals surface area contributed by atoms with E-state index in [4.69, 9.17) is 11.6 Å². The standard InChI is InChI=1S/C17H24ClNO/c1-4-13-9-14(17(13,2)3)10-16(20)19-11-12-5-7-15(18)8-6-12/h5-8,13-14H,4,9-11H2,1-3H3,(H,19,20)/t13-,14+/m0/s1. The molecule has 0 bridgehead atoms. The van der Waals surface area contributed by atoms with E-state index in [0.29, 0.717) is 24.3 Å². The Kier molecular flexibility index (Phi) is 4.74. The van der Waals surface area contributed by atoms with Gasteiger partial charge in [-0.15, -0.1) is 0 Å². The Morgan fingerprint density at radius 3 is 2.50 bits per heavy atom. The number of amides is 1. The van der Waals surface area contributed by atoms with E-state index >= 15 is 0 Å². The average molecular weight is 294 g/mol. The van der Waals surface area contributed by atoms with Crippen molar-refractivity contribution in [2.75, 3.05) is 0 Å². The lowest BCUT2D eigenvalue weighted by Crippen LogP contribution is -2.46. The molecule has 3 heteroatoms. The average Bonchev–Trinajstić information content (AvgIpc) is 2.42. The minimum Gasteiger partial charge on any atom is -0.352 e. The van der Waals surface area contributed by atoms with Crippen LogP contribution in [0, 0.1) is 17.3 Å². The molecule has 1 aromatic rings. The summed E-state index contributed by atoms with van der Waals surface area (Å²) < 4.78 is 0. The fourth-order valence-corrected chi connectivity index (χ4v) is 3.39. The number of nitrogens with one attached hydrogen (secondary N) is 1. The molecule has 0 unspecified atom stereocenters. The first kappa shape index (κ1) is 15.4. The Labute approximate surface area is 126 Å². The zero-order valence-electron chi connectivity index (χ0n) is 12.6. The van der Waals surface area contributed by atoms with E-state index in [2.05, 4.69) is 26.1 Å². The Hall–Kier alpha value is -1.02. The van der Waals surface area contributed by atoms with Crippen LogP contribution in [0.2, 0.25) is 5.02 Å². The quantitative estimate of drug-likeness (QED) is 0.855. The van der Waals surface area contributed by atoms with E-state index < -0.39 is 0 Å². The molecule has 1 saturated carbocycles. The molecule has 1 amide bonds. The van der Waals surface area contributed by atoms with Gasteiger partial charge in [0.1, 0.15) is 0 Å². The van der Waals surface area contributed by atoms with Crippen LogP contribution in [0.3, 0.4) is 0 Å². The minimum absolute atomic E-state index is 0.160.